The van der Waals surface area contributed by atoms with E-state index >= 15 is 0 Å². The van der Waals surface area contributed by atoms with Crippen LogP contribution >= 0.6 is 11.6 Å². The minimum Gasteiger partial charge on any atom is -0.355 e. The highest BCUT2D eigenvalue weighted by atomic mass is 35.5. The number of aromatic nitrogens is 2. The summed E-state index contributed by atoms with van der Waals surface area (Å²) in [6, 6.07) is 15.7. The van der Waals surface area contributed by atoms with Gasteiger partial charge in [-0.1, -0.05) is 29.8 Å². The topological polar surface area (TPSA) is 63.2 Å². The fourth-order valence-electron chi connectivity index (χ4n) is 4.79. The zero-order valence-corrected chi connectivity index (χ0v) is 21.7. The van der Waals surface area contributed by atoms with Gasteiger partial charge in [-0.3, -0.25) is 14.6 Å². The monoisotopic (exact) mass is 551 g/mol. The molecule has 39 heavy (non-hydrogen) atoms. The van der Waals surface area contributed by atoms with Gasteiger partial charge in [-0.15, -0.1) is 0 Å². The molecule has 5 nitrogen and oxygen atoms in total. The molecule has 3 aromatic carbocycles. The Morgan fingerprint density at radius 1 is 0.897 bits per heavy atom. The molecule has 0 N–H and O–H groups in total. The highest BCUT2D eigenvalue weighted by Gasteiger charge is 2.33. The van der Waals surface area contributed by atoms with Crippen LogP contribution in [-0.4, -0.2) is 34.6 Å². The van der Waals surface area contributed by atoms with E-state index in [1.54, 1.807) is 42.6 Å². The molecule has 0 amide bonds. The van der Waals surface area contributed by atoms with E-state index in [1.165, 1.54) is 6.07 Å². The van der Waals surface area contributed by atoms with Crippen molar-refractivity contribution in [3.63, 3.8) is 0 Å². The van der Waals surface area contributed by atoms with Crippen LogP contribution in [0, 0.1) is 0 Å². The molecule has 0 spiro atoms. The molecule has 0 saturated carbocycles. The van der Waals surface area contributed by atoms with Crippen LogP contribution in [0.3, 0.4) is 0 Å². The van der Waals surface area contributed by atoms with Gasteiger partial charge in [0.25, 0.3) is 0 Å². The van der Waals surface area contributed by atoms with E-state index in [0.29, 0.717) is 29.5 Å². The first-order chi connectivity index (χ1) is 18.7. The Labute approximate surface area is 228 Å². The smallest absolute Gasteiger partial charge is 0.355 e. The molecule has 5 rings (SSSR count). The lowest BCUT2D eigenvalue weighted by molar-refractivity contribution is -0.137. The zero-order valence-electron chi connectivity index (χ0n) is 21.0. The molecular formula is C30H25ClF3N3O2. The molecule has 200 valence electrons. The van der Waals surface area contributed by atoms with Crippen molar-refractivity contribution < 1.29 is 22.8 Å². The molecule has 0 bridgehead atoms. The molecular weight excluding hydrogens is 527 g/mol. The van der Waals surface area contributed by atoms with Gasteiger partial charge in [0.15, 0.2) is 11.6 Å². The van der Waals surface area contributed by atoms with Crippen LogP contribution < -0.4 is 4.90 Å². The number of ketones is 2. The lowest BCUT2D eigenvalue weighted by Gasteiger charge is -2.16. The van der Waals surface area contributed by atoms with Gasteiger partial charge in [-0.25, -0.2) is 4.98 Å². The summed E-state index contributed by atoms with van der Waals surface area (Å²) in [5, 5.41) is -0.439. The van der Waals surface area contributed by atoms with Crippen LogP contribution in [-0.2, 0) is 12.6 Å². The molecule has 1 aliphatic rings. The van der Waals surface area contributed by atoms with Crippen LogP contribution in [0.25, 0.3) is 11.0 Å². The molecule has 0 aliphatic carbocycles. The Balaban J connectivity index is 1.25. The SMILES string of the molecule is O=C(CCCc1cccc(C(=O)c2ccc3ncc(N4CCCC4)nc3c2)c1)c1ccc(Cl)c(C(F)(F)F)c1. The summed E-state index contributed by atoms with van der Waals surface area (Å²) in [5.74, 6) is 0.272. The first-order valence-electron chi connectivity index (χ1n) is 12.7. The van der Waals surface area contributed by atoms with Gasteiger partial charge in [0.1, 0.15) is 5.82 Å². The molecule has 1 saturated heterocycles. The maximum atomic E-state index is 13.3. The Morgan fingerprint density at radius 2 is 1.64 bits per heavy atom. The average molecular weight is 552 g/mol. The summed E-state index contributed by atoms with van der Waals surface area (Å²) < 4.78 is 39.4. The summed E-state index contributed by atoms with van der Waals surface area (Å²) in [6.45, 7) is 1.90. The van der Waals surface area contributed by atoms with Gasteiger partial charge in [0.05, 0.1) is 27.8 Å². The van der Waals surface area contributed by atoms with E-state index in [-0.39, 0.29) is 17.8 Å². The van der Waals surface area contributed by atoms with Crippen LogP contribution in [0.5, 0.6) is 0 Å². The Morgan fingerprint density at radius 3 is 2.41 bits per heavy atom. The standard InChI is InChI=1S/C30H25ClF3N3O2/c31-24-11-9-20(16-23(24)30(32,33)34)27(38)8-4-6-19-5-3-7-21(15-19)29(39)22-10-12-25-26(17-22)36-28(18-35-25)37-13-1-2-14-37/h3,5,7,9-12,15-18H,1-2,4,6,8,13-14H2. The summed E-state index contributed by atoms with van der Waals surface area (Å²) in [7, 11) is 0. The maximum absolute atomic E-state index is 13.3. The first-order valence-corrected chi connectivity index (χ1v) is 13.1. The second-order valence-corrected chi connectivity index (χ2v) is 10.0. The molecule has 0 radical (unpaired) electrons. The molecule has 1 fully saturated rings. The molecule has 9 heteroatoms. The normalized spacial score (nSPS) is 13.7. The summed E-state index contributed by atoms with van der Waals surface area (Å²) in [4.78, 5) is 37.2. The second-order valence-electron chi connectivity index (χ2n) is 9.62. The van der Waals surface area contributed by atoms with E-state index in [2.05, 4.69) is 9.88 Å². The van der Waals surface area contributed by atoms with Crippen molar-refractivity contribution in [3.8, 4) is 0 Å². The van der Waals surface area contributed by atoms with E-state index < -0.39 is 22.5 Å². The first kappa shape index (κ1) is 26.8. The number of carbonyl (C=O) groups is 2. The van der Waals surface area contributed by atoms with Gasteiger partial charge < -0.3 is 4.90 Å². The number of rotatable bonds is 8. The quantitative estimate of drug-likeness (QED) is 0.214. The van der Waals surface area contributed by atoms with Gasteiger partial charge in [-0.05, 0) is 73.7 Å². The summed E-state index contributed by atoms with van der Waals surface area (Å²) in [5.41, 5.74) is 2.21. The molecule has 4 aromatic rings. The van der Waals surface area contributed by atoms with Gasteiger partial charge >= 0.3 is 6.18 Å². The Kier molecular flexibility index (Phi) is 7.66. The van der Waals surface area contributed by atoms with Gasteiger partial charge in [0, 0.05) is 36.2 Å². The maximum Gasteiger partial charge on any atom is 0.417 e. The average Bonchev–Trinajstić information content (AvgIpc) is 3.47. The van der Waals surface area contributed by atoms with E-state index in [4.69, 9.17) is 16.6 Å². The Bertz CT molecular complexity index is 1550. The van der Waals surface area contributed by atoms with Crippen molar-refractivity contribution in [1.29, 1.82) is 0 Å². The zero-order chi connectivity index (χ0) is 27.6. The number of fused-ring (bicyclic) bond motifs is 1. The molecule has 0 unspecified atom stereocenters. The van der Waals surface area contributed by atoms with Crippen molar-refractivity contribution in [2.45, 2.75) is 38.3 Å². The van der Waals surface area contributed by atoms with Gasteiger partial charge in [0.2, 0.25) is 0 Å². The molecule has 1 aromatic heterocycles. The fraction of sp³-hybridized carbons (Fsp3) is 0.267. The van der Waals surface area contributed by atoms with Crippen LogP contribution in [0.4, 0.5) is 19.0 Å². The number of aryl methyl sites for hydroxylation is 1. The van der Waals surface area contributed by atoms with Crippen LogP contribution in [0.2, 0.25) is 5.02 Å². The predicted molar refractivity (Wildman–Crippen MR) is 145 cm³/mol. The van der Waals surface area contributed by atoms with Crippen molar-refractivity contribution in [3.05, 3.63) is 99.7 Å². The third-order valence-corrected chi connectivity index (χ3v) is 7.20. The lowest BCUT2D eigenvalue weighted by Crippen LogP contribution is -2.19. The number of hydrogen-bond acceptors (Lipinski definition) is 5. The highest BCUT2D eigenvalue weighted by Crippen LogP contribution is 2.35. The van der Waals surface area contributed by atoms with E-state index in [1.807, 2.05) is 6.07 Å². The number of nitrogens with zero attached hydrogens (tertiary/aromatic N) is 3. The van der Waals surface area contributed by atoms with Crippen molar-refractivity contribution in [2.75, 3.05) is 18.0 Å². The van der Waals surface area contributed by atoms with E-state index in [0.717, 1.165) is 55.0 Å². The van der Waals surface area contributed by atoms with Gasteiger partial charge in [-0.2, -0.15) is 13.2 Å². The lowest BCUT2D eigenvalue weighted by atomic mass is 9.97. The molecule has 2 heterocycles. The number of carbonyl (C=O) groups excluding carboxylic acids is 2. The second kappa shape index (κ2) is 11.1. The minimum absolute atomic E-state index is 0.0251. The summed E-state index contributed by atoms with van der Waals surface area (Å²) in [6.07, 6.45) is 0.380. The van der Waals surface area contributed by atoms with Crippen molar-refractivity contribution in [2.24, 2.45) is 0 Å². The third-order valence-electron chi connectivity index (χ3n) is 6.87. The number of anilines is 1. The number of benzene rings is 3. The van der Waals surface area contributed by atoms with Crippen molar-refractivity contribution >= 4 is 40.0 Å². The molecule has 0 atom stereocenters. The fourth-order valence-corrected chi connectivity index (χ4v) is 5.01. The van der Waals surface area contributed by atoms with Crippen molar-refractivity contribution in [1.82, 2.24) is 9.97 Å². The number of hydrogen-bond donors (Lipinski definition) is 0. The predicted octanol–water partition coefficient (Wildman–Crippen LogP) is 7.34. The summed E-state index contributed by atoms with van der Waals surface area (Å²) >= 11 is 5.65. The Hall–Kier alpha value is -3.78. The third kappa shape index (κ3) is 6.11. The number of alkyl halides is 3. The van der Waals surface area contributed by atoms with Crippen LogP contribution in [0.1, 0.15) is 63.1 Å². The number of Topliss-reactive ketones (excluding diaryl/α,β-unsaturated/α-hetero) is 1. The van der Waals surface area contributed by atoms with Crippen LogP contribution in [0.15, 0.2) is 66.9 Å². The molecule has 1 aliphatic heterocycles. The number of halogens is 4. The highest BCUT2D eigenvalue weighted by molar-refractivity contribution is 6.31. The largest absolute Gasteiger partial charge is 0.417 e. The minimum atomic E-state index is -4.63. The van der Waals surface area contributed by atoms with E-state index in [9.17, 15) is 22.8 Å².